The van der Waals surface area contributed by atoms with E-state index in [2.05, 4.69) is 48.5 Å². The van der Waals surface area contributed by atoms with Gasteiger partial charge in [-0.15, -0.1) is 0 Å². The van der Waals surface area contributed by atoms with Gasteiger partial charge in [-0.3, -0.25) is 9.59 Å². The van der Waals surface area contributed by atoms with Crippen LogP contribution in [0.4, 0.5) is 0 Å². The Balaban J connectivity index is 1.60. The van der Waals surface area contributed by atoms with Crippen molar-refractivity contribution in [3.8, 4) is 0 Å². The number of carbonyl (C=O) groups excluding carboxylic acids is 2. The van der Waals surface area contributed by atoms with Crippen LogP contribution in [-0.4, -0.2) is 11.6 Å². The standard InChI is InChI=1S/C29H46O2/c1-18(2)9-8-10-19(3)20-11-12-21-26-22(13-15-28(20,21)6)29(7)16-14-25(31)27(4,5)24(29)17-23(26)30/h17-22,26H,8-16H2,1-7H3/t19?,20-,21+,22+,26+,28-,29-/m1/s1. The first kappa shape index (κ1) is 23.2. The van der Waals surface area contributed by atoms with Crippen molar-refractivity contribution in [1.29, 1.82) is 0 Å². The second kappa shape index (κ2) is 7.84. The average Bonchev–Trinajstić information content (AvgIpc) is 3.04. The molecule has 0 aromatic carbocycles. The highest BCUT2D eigenvalue weighted by Crippen LogP contribution is 2.68. The summed E-state index contributed by atoms with van der Waals surface area (Å²) in [5.41, 5.74) is 1.02. The van der Waals surface area contributed by atoms with Crippen molar-refractivity contribution in [3.05, 3.63) is 11.6 Å². The van der Waals surface area contributed by atoms with Crippen molar-refractivity contribution in [2.45, 2.75) is 106 Å². The van der Waals surface area contributed by atoms with E-state index < -0.39 is 5.41 Å². The quantitative estimate of drug-likeness (QED) is 0.458. The highest BCUT2D eigenvalue weighted by molar-refractivity contribution is 5.98. The number of carbonyl (C=O) groups is 2. The molecule has 174 valence electrons. The van der Waals surface area contributed by atoms with Crippen molar-refractivity contribution in [1.82, 2.24) is 0 Å². The van der Waals surface area contributed by atoms with E-state index in [1.165, 1.54) is 38.5 Å². The monoisotopic (exact) mass is 426 g/mol. The molecule has 0 heterocycles. The summed E-state index contributed by atoms with van der Waals surface area (Å²) in [6.45, 7) is 16.2. The molecule has 7 atom stereocenters. The van der Waals surface area contributed by atoms with Gasteiger partial charge in [0.15, 0.2) is 5.78 Å². The van der Waals surface area contributed by atoms with Gasteiger partial charge in [-0.1, -0.05) is 53.9 Å². The lowest BCUT2D eigenvalue weighted by Crippen LogP contribution is -2.56. The van der Waals surface area contributed by atoms with E-state index in [-0.39, 0.29) is 11.3 Å². The zero-order valence-corrected chi connectivity index (χ0v) is 21.2. The van der Waals surface area contributed by atoms with Gasteiger partial charge in [0.1, 0.15) is 5.78 Å². The normalized spacial score (nSPS) is 42.6. The Labute approximate surface area is 191 Å². The molecule has 0 aromatic rings. The number of allylic oxidation sites excluding steroid dienone is 2. The molecule has 0 amide bonds. The molecule has 0 bridgehead atoms. The summed E-state index contributed by atoms with van der Waals surface area (Å²) < 4.78 is 0. The van der Waals surface area contributed by atoms with E-state index in [9.17, 15) is 9.59 Å². The van der Waals surface area contributed by atoms with E-state index >= 15 is 0 Å². The maximum Gasteiger partial charge on any atom is 0.159 e. The van der Waals surface area contributed by atoms with Crippen LogP contribution in [-0.2, 0) is 9.59 Å². The second-order valence-electron chi connectivity index (χ2n) is 13.2. The van der Waals surface area contributed by atoms with Crippen molar-refractivity contribution < 1.29 is 9.59 Å². The van der Waals surface area contributed by atoms with Gasteiger partial charge in [0.2, 0.25) is 0 Å². The van der Waals surface area contributed by atoms with Crippen molar-refractivity contribution in [3.63, 3.8) is 0 Å². The highest BCUT2D eigenvalue weighted by atomic mass is 16.1. The van der Waals surface area contributed by atoms with Gasteiger partial charge in [-0.05, 0) is 98.0 Å². The smallest absolute Gasteiger partial charge is 0.159 e. The molecular weight excluding hydrogens is 380 g/mol. The molecule has 1 unspecified atom stereocenters. The summed E-state index contributed by atoms with van der Waals surface area (Å²) in [6.07, 6.45) is 12.6. The molecule has 4 aliphatic carbocycles. The summed E-state index contributed by atoms with van der Waals surface area (Å²) in [5, 5.41) is 0. The van der Waals surface area contributed by atoms with Gasteiger partial charge in [0.05, 0.1) is 0 Å². The molecule has 4 rings (SSSR count). The first-order valence-corrected chi connectivity index (χ1v) is 13.2. The van der Waals surface area contributed by atoms with Gasteiger partial charge in [-0.25, -0.2) is 0 Å². The fourth-order valence-electron chi connectivity index (χ4n) is 8.93. The van der Waals surface area contributed by atoms with Crippen LogP contribution in [0.15, 0.2) is 11.6 Å². The lowest BCUT2D eigenvalue weighted by atomic mass is 9.44. The Morgan fingerprint density at radius 3 is 2.32 bits per heavy atom. The Morgan fingerprint density at radius 2 is 1.65 bits per heavy atom. The predicted molar refractivity (Wildman–Crippen MR) is 128 cm³/mol. The lowest BCUT2D eigenvalue weighted by molar-refractivity contribution is -0.140. The van der Waals surface area contributed by atoms with E-state index in [1.807, 2.05) is 6.08 Å². The zero-order chi connectivity index (χ0) is 22.8. The van der Waals surface area contributed by atoms with Gasteiger partial charge >= 0.3 is 0 Å². The molecule has 2 nitrogen and oxygen atoms in total. The van der Waals surface area contributed by atoms with Crippen molar-refractivity contribution in [2.75, 3.05) is 0 Å². The first-order chi connectivity index (χ1) is 14.4. The molecule has 0 spiro atoms. The molecule has 0 aliphatic heterocycles. The predicted octanol–water partition coefficient (Wildman–Crippen LogP) is 7.41. The zero-order valence-electron chi connectivity index (χ0n) is 21.2. The van der Waals surface area contributed by atoms with E-state index in [0.29, 0.717) is 35.2 Å². The third-order valence-corrected chi connectivity index (χ3v) is 10.8. The number of fused-ring (bicyclic) bond motifs is 5. The minimum atomic E-state index is -0.475. The number of ketones is 2. The van der Waals surface area contributed by atoms with Gasteiger partial charge in [0.25, 0.3) is 0 Å². The first-order valence-electron chi connectivity index (χ1n) is 13.2. The minimum Gasteiger partial charge on any atom is -0.299 e. The molecule has 0 aromatic heterocycles. The van der Waals surface area contributed by atoms with Crippen LogP contribution in [0, 0.1) is 51.8 Å². The van der Waals surface area contributed by atoms with E-state index in [0.717, 1.165) is 36.2 Å². The second-order valence-corrected chi connectivity index (χ2v) is 13.2. The number of rotatable bonds is 5. The Morgan fingerprint density at radius 1 is 0.935 bits per heavy atom. The average molecular weight is 427 g/mol. The number of Topliss-reactive ketones (excluding diaryl/α,β-unsaturated/α-hetero) is 1. The molecular formula is C29H46O2. The largest absolute Gasteiger partial charge is 0.299 e. The summed E-state index contributed by atoms with van der Waals surface area (Å²) in [4.78, 5) is 26.3. The van der Waals surface area contributed by atoms with Crippen LogP contribution in [0.5, 0.6) is 0 Å². The summed E-state index contributed by atoms with van der Waals surface area (Å²) in [6, 6.07) is 0. The Bertz CT molecular complexity index is 774. The van der Waals surface area contributed by atoms with E-state index in [1.54, 1.807) is 0 Å². The number of hydrogen-bond donors (Lipinski definition) is 0. The fourth-order valence-corrected chi connectivity index (χ4v) is 8.93. The third-order valence-electron chi connectivity index (χ3n) is 10.8. The fraction of sp³-hybridized carbons (Fsp3) is 0.862. The molecule has 0 radical (unpaired) electrons. The molecule has 0 N–H and O–H groups in total. The van der Waals surface area contributed by atoms with E-state index in [4.69, 9.17) is 0 Å². The van der Waals surface area contributed by atoms with Crippen LogP contribution in [0.3, 0.4) is 0 Å². The summed E-state index contributed by atoms with van der Waals surface area (Å²) in [7, 11) is 0. The van der Waals surface area contributed by atoms with Gasteiger partial charge in [0, 0.05) is 17.8 Å². The molecule has 31 heavy (non-hydrogen) atoms. The maximum absolute atomic E-state index is 13.6. The third kappa shape index (κ3) is 3.50. The number of hydrogen-bond acceptors (Lipinski definition) is 2. The lowest BCUT2D eigenvalue weighted by Gasteiger charge is -2.59. The van der Waals surface area contributed by atoms with Crippen LogP contribution in [0.25, 0.3) is 0 Å². The van der Waals surface area contributed by atoms with Crippen LogP contribution >= 0.6 is 0 Å². The molecule has 4 aliphatic rings. The summed E-state index contributed by atoms with van der Waals surface area (Å²) in [5.74, 6) is 4.14. The molecule has 3 fully saturated rings. The van der Waals surface area contributed by atoms with Crippen LogP contribution in [0.1, 0.15) is 106 Å². The minimum absolute atomic E-state index is 0.0261. The molecule has 2 heteroatoms. The topological polar surface area (TPSA) is 34.1 Å². The molecule has 0 saturated heterocycles. The van der Waals surface area contributed by atoms with Crippen molar-refractivity contribution >= 4 is 11.6 Å². The highest BCUT2D eigenvalue weighted by Gasteiger charge is 2.63. The van der Waals surface area contributed by atoms with Crippen molar-refractivity contribution in [2.24, 2.45) is 51.8 Å². The molecule has 3 saturated carbocycles. The van der Waals surface area contributed by atoms with Gasteiger partial charge in [-0.2, -0.15) is 0 Å². The maximum atomic E-state index is 13.6. The Kier molecular flexibility index (Phi) is 5.88. The summed E-state index contributed by atoms with van der Waals surface area (Å²) >= 11 is 0. The SMILES string of the molecule is CC(C)CCCC(C)[C@H]1CC[C@H]2[C@@H]3C(=O)C=C4C(C)(C)C(=O)CC[C@]4(C)[C@H]3CC[C@]12C. The van der Waals surface area contributed by atoms with Crippen LogP contribution in [0.2, 0.25) is 0 Å². The Hall–Kier alpha value is -0.920. The van der Waals surface area contributed by atoms with Crippen LogP contribution < -0.4 is 0 Å². The van der Waals surface area contributed by atoms with Gasteiger partial charge < -0.3 is 0 Å².